The molecule has 0 saturated carbocycles. The molecule has 3 heterocycles. The fraction of sp³-hybridized carbons (Fsp3) is 0.212. The first-order valence-corrected chi connectivity index (χ1v) is 14.8. The van der Waals surface area contributed by atoms with Crippen LogP contribution >= 0.6 is 11.3 Å². The molecule has 0 aliphatic carbocycles. The van der Waals surface area contributed by atoms with Gasteiger partial charge in [0.2, 0.25) is 6.79 Å². The molecule has 0 spiro atoms. The average molecular weight is 613 g/mol. The number of esters is 2. The molecule has 10 nitrogen and oxygen atoms in total. The number of hydrogen-bond donors (Lipinski definition) is 0. The van der Waals surface area contributed by atoms with E-state index >= 15 is 0 Å². The maximum absolute atomic E-state index is 14.1. The van der Waals surface area contributed by atoms with E-state index in [9.17, 15) is 14.4 Å². The zero-order valence-electron chi connectivity index (χ0n) is 24.0. The largest absolute Gasteiger partial charge is 0.482 e. The van der Waals surface area contributed by atoms with Crippen LogP contribution in [0.3, 0.4) is 0 Å². The molecular weight excluding hydrogens is 584 g/mol. The quantitative estimate of drug-likeness (QED) is 0.264. The molecule has 0 N–H and O–H groups in total. The van der Waals surface area contributed by atoms with Gasteiger partial charge in [-0.1, -0.05) is 59.9 Å². The number of ether oxygens (including phenoxy) is 5. The van der Waals surface area contributed by atoms with E-state index in [0.717, 1.165) is 11.1 Å². The Morgan fingerprint density at radius 3 is 2.48 bits per heavy atom. The summed E-state index contributed by atoms with van der Waals surface area (Å²) in [5, 5.41) is 0. The minimum absolute atomic E-state index is 0.0873. The third kappa shape index (κ3) is 5.73. The molecule has 11 heteroatoms. The second kappa shape index (κ2) is 12.6. The summed E-state index contributed by atoms with van der Waals surface area (Å²) in [4.78, 5) is 44.6. The molecule has 2 aliphatic heterocycles. The van der Waals surface area contributed by atoms with Crippen LogP contribution in [0.4, 0.5) is 0 Å². The number of fused-ring (bicyclic) bond motifs is 2. The summed E-state index contributed by atoms with van der Waals surface area (Å²) >= 11 is 1.22. The molecule has 0 fully saturated rings. The molecule has 1 atom stereocenters. The maximum atomic E-state index is 14.1. The van der Waals surface area contributed by atoms with Gasteiger partial charge < -0.3 is 23.7 Å². The van der Waals surface area contributed by atoms with Crippen LogP contribution in [0.25, 0.3) is 11.8 Å². The van der Waals surface area contributed by atoms with Crippen molar-refractivity contribution in [2.45, 2.75) is 19.9 Å². The van der Waals surface area contributed by atoms with Crippen LogP contribution in [0.5, 0.6) is 17.2 Å². The second-order valence-corrected chi connectivity index (χ2v) is 10.7. The highest BCUT2D eigenvalue weighted by atomic mass is 32.1. The van der Waals surface area contributed by atoms with E-state index in [1.165, 1.54) is 15.9 Å². The van der Waals surface area contributed by atoms with Crippen molar-refractivity contribution in [2.24, 2.45) is 4.99 Å². The Kier molecular flexibility index (Phi) is 8.29. The summed E-state index contributed by atoms with van der Waals surface area (Å²) in [5.41, 5.74) is 2.48. The standard InChI is InChI=1S/C33H28N2O8S/c1-3-39-27(36)18-41-23-13-10-20(11-14-23)16-26-31(37)35-30(22-12-15-24-25(17-22)43-19-42-24)28(32(38)40-4-2)29(34-33(35)44-26)21-8-6-5-7-9-21/h5-17,30H,3-4,18-19H2,1-2H3/b26-16-/t30-/m1/s1. The van der Waals surface area contributed by atoms with Crippen LogP contribution in [0.15, 0.2) is 88.2 Å². The molecule has 0 radical (unpaired) electrons. The number of nitrogens with zero attached hydrogens (tertiary/aromatic N) is 2. The van der Waals surface area contributed by atoms with Crippen LogP contribution < -0.4 is 29.1 Å². The van der Waals surface area contributed by atoms with Gasteiger partial charge in [0.1, 0.15) is 5.75 Å². The summed E-state index contributed by atoms with van der Waals surface area (Å²) in [6.07, 6.45) is 1.76. The monoisotopic (exact) mass is 612 g/mol. The lowest BCUT2D eigenvalue weighted by molar-refractivity contribution is -0.145. The van der Waals surface area contributed by atoms with Crippen molar-refractivity contribution in [2.75, 3.05) is 26.6 Å². The summed E-state index contributed by atoms with van der Waals surface area (Å²) in [5.74, 6) is 0.584. The Bertz CT molecular complexity index is 1930. The summed E-state index contributed by atoms with van der Waals surface area (Å²) in [6, 6.07) is 20.9. The first-order valence-electron chi connectivity index (χ1n) is 14.0. The Morgan fingerprint density at radius 2 is 1.73 bits per heavy atom. The summed E-state index contributed by atoms with van der Waals surface area (Å²) in [7, 11) is 0. The Labute approximate surface area is 256 Å². The molecule has 224 valence electrons. The van der Waals surface area contributed by atoms with Crippen LogP contribution in [0, 0.1) is 0 Å². The minimum atomic E-state index is -0.837. The third-order valence-electron chi connectivity index (χ3n) is 6.93. The smallest absolute Gasteiger partial charge is 0.344 e. The average Bonchev–Trinajstić information content (AvgIpc) is 3.64. The highest BCUT2D eigenvalue weighted by Gasteiger charge is 2.36. The number of rotatable bonds is 9. The second-order valence-electron chi connectivity index (χ2n) is 9.71. The number of carbonyl (C=O) groups excluding carboxylic acids is 2. The zero-order valence-corrected chi connectivity index (χ0v) is 24.8. The summed E-state index contributed by atoms with van der Waals surface area (Å²) in [6.45, 7) is 3.79. The topological polar surface area (TPSA) is 115 Å². The van der Waals surface area contributed by atoms with Gasteiger partial charge in [0.05, 0.1) is 35.1 Å². The minimum Gasteiger partial charge on any atom is -0.482 e. The van der Waals surface area contributed by atoms with E-state index in [1.54, 1.807) is 56.3 Å². The molecule has 4 aromatic rings. The van der Waals surface area contributed by atoms with Gasteiger partial charge in [-0.2, -0.15) is 0 Å². The van der Waals surface area contributed by atoms with E-state index in [2.05, 4.69) is 0 Å². The van der Waals surface area contributed by atoms with Gasteiger partial charge in [0.25, 0.3) is 5.56 Å². The van der Waals surface area contributed by atoms with Crippen molar-refractivity contribution in [3.05, 3.63) is 115 Å². The van der Waals surface area contributed by atoms with Crippen molar-refractivity contribution < 1.29 is 33.3 Å². The third-order valence-corrected chi connectivity index (χ3v) is 7.91. The van der Waals surface area contributed by atoms with E-state index < -0.39 is 18.0 Å². The molecule has 3 aromatic carbocycles. The van der Waals surface area contributed by atoms with Crippen molar-refractivity contribution in [1.29, 1.82) is 0 Å². The predicted octanol–water partition coefficient (Wildman–Crippen LogP) is 3.61. The molecule has 6 rings (SSSR count). The number of thiazole rings is 1. The molecule has 44 heavy (non-hydrogen) atoms. The fourth-order valence-corrected chi connectivity index (χ4v) is 6.00. The molecule has 2 aliphatic rings. The van der Waals surface area contributed by atoms with E-state index in [-0.39, 0.29) is 37.7 Å². The number of hydrogen-bond acceptors (Lipinski definition) is 10. The van der Waals surface area contributed by atoms with Crippen LogP contribution in [-0.2, 0) is 19.1 Å². The lowest BCUT2D eigenvalue weighted by atomic mass is 9.93. The maximum Gasteiger partial charge on any atom is 0.344 e. The van der Waals surface area contributed by atoms with E-state index in [1.807, 2.05) is 36.4 Å². The highest BCUT2D eigenvalue weighted by molar-refractivity contribution is 7.07. The van der Waals surface area contributed by atoms with Crippen LogP contribution in [0.1, 0.15) is 36.6 Å². The van der Waals surface area contributed by atoms with Gasteiger partial charge in [0, 0.05) is 5.56 Å². The predicted molar refractivity (Wildman–Crippen MR) is 162 cm³/mol. The molecule has 0 amide bonds. The van der Waals surface area contributed by atoms with Gasteiger partial charge in [-0.15, -0.1) is 0 Å². The lowest BCUT2D eigenvalue weighted by Gasteiger charge is -2.26. The van der Waals surface area contributed by atoms with Gasteiger partial charge in [-0.3, -0.25) is 9.36 Å². The van der Waals surface area contributed by atoms with E-state index in [4.69, 9.17) is 28.7 Å². The summed E-state index contributed by atoms with van der Waals surface area (Å²) < 4.78 is 29.0. The lowest BCUT2D eigenvalue weighted by Crippen LogP contribution is -2.40. The molecule has 1 aromatic heterocycles. The molecule has 0 bridgehead atoms. The van der Waals surface area contributed by atoms with Crippen LogP contribution in [-0.4, -0.2) is 43.1 Å². The Morgan fingerprint density at radius 1 is 0.977 bits per heavy atom. The fourth-order valence-electron chi connectivity index (χ4n) is 5.00. The first-order chi connectivity index (χ1) is 21.5. The van der Waals surface area contributed by atoms with E-state index in [0.29, 0.717) is 37.8 Å². The highest BCUT2D eigenvalue weighted by Crippen LogP contribution is 2.40. The van der Waals surface area contributed by atoms with Crippen molar-refractivity contribution >= 4 is 35.0 Å². The Hall–Kier alpha value is -5.16. The number of aromatic nitrogens is 1. The van der Waals surface area contributed by atoms with Crippen molar-refractivity contribution in [3.63, 3.8) is 0 Å². The number of carbonyl (C=O) groups is 2. The zero-order chi connectivity index (χ0) is 30.6. The van der Waals surface area contributed by atoms with Gasteiger partial charge >= 0.3 is 11.9 Å². The molecule has 0 saturated heterocycles. The van der Waals surface area contributed by atoms with Gasteiger partial charge in [0.15, 0.2) is 22.9 Å². The SMILES string of the molecule is CCOC(=O)COc1ccc(/C=c2\sc3n(c2=O)[C@H](c2ccc4c(c2)OCO4)C(C(=O)OCC)=C(c2ccccc2)N=3)cc1. The van der Waals surface area contributed by atoms with Crippen molar-refractivity contribution in [1.82, 2.24) is 4.57 Å². The normalized spacial score (nSPS) is 15.4. The molecule has 0 unspecified atom stereocenters. The Balaban J connectivity index is 1.48. The first kappa shape index (κ1) is 28.9. The van der Waals surface area contributed by atoms with Crippen molar-refractivity contribution in [3.8, 4) is 17.2 Å². The van der Waals surface area contributed by atoms with Gasteiger partial charge in [-0.05, 0) is 55.3 Å². The van der Waals surface area contributed by atoms with Crippen LogP contribution in [0.2, 0.25) is 0 Å². The van der Waals surface area contributed by atoms with Gasteiger partial charge in [-0.25, -0.2) is 14.6 Å². The molecular formula is C33H28N2O8S. The number of benzene rings is 3.